The van der Waals surface area contributed by atoms with Crippen molar-refractivity contribution in [3.8, 4) is 5.75 Å². The van der Waals surface area contributed by atoms with Crippen LogP contribution in [0.15, 0.2) is 48.5 Å². The van der Waals surface area contributed by atoms with Crippen LogP contribution in [0.4, 0.5) is 5.69 Å². The van der Waals surface area contributed by atoms with Crippen LogP contribution >= 0.6 is 11.6 Å². The van der Waals surface area contributed by atoms with E-state index in [4.69, 9.17) is 11.6 Å². The highest BCUT2D eigenvalue weighted by Gasteiger charge is 2.05. The topological polar surface area (TPSA) is 49.3 Å². The van der Waals surface area contributed by atoms with E-state index in [-0.39, 0.29) is 11.7 Å². The van der Waals surface area contributed by atoms with Gasteiger partial charge >= 0.3 is 0 Å². The molecule has 2 aromatic carbocycles. The lowest BCUT2D eigenvalue weighted by molar-refractivity contribution is -0.116. The third-order valence-electron chi connectivity index (χ3n) is 2.71. The molecule has 3 nitrogen and oxygen atoms in total. The number of carbonyl (C=O) groups is 1. The number of rotatable bonds is 4. The molecular weight excluding hydrogens is 262 g/mol. The Bertz CT molecular complexity index is 584. The fraction of sp³-hybridized carbons (Fsp3) is 0.133. The number of anilines is 1. The molecule has 0 aliphatic heterocycles. The lowest BCUT2D eigenvalue weighted by Gasteiger charge is -2.06. The van der Waals surface area contributed by atoms with Crippen molar-refractivity contribution in [2.75, 3.05) is 5.32 Å². The van der Waals surface area contributed by atoms with Crippen LogP contribution in [-0.4, -0.2) is 11.0 Å². The van der Waals surface area contributed by atoms with Gasteiger partial charge in [0.1, 0.15) is 5.75 Å². The highest BCUT2D eigenvalue weighted by molar-refractivity contribution is 6.31. The maximum Gasteiger partial charge on any atom is 0.224 e. The van der Waals surface area contributed by atoms with Crippen LogP contribution < -0.4 is 5.32 Å². The molecule has 0 fully saturated rings. The first kappa shape index (κ1) is 13.4. The first-order valence-electron chi connectivity index (χ1n) is 5.97. The van der Waals surface area contributed by atoms with Gasteiger partial charge in [-0.25, -0.2) is 0 Å². The molecule has 0 heterocycles. The molecule has 0 aliphatic carbocycles. The Morgan fingerprint density at radius 2 is 1.95 bits per heavy atom. The number of phenolic OH excluding ortho intramolecular Hbond substituents is 1. The Morgan fingerprint density at radius 3 is 2.68 bits per heavy atom. The third-order valence-corrected chi connectivity index (χ3v) is 3.08. The summed E-state index contributed by atoms with van der Waals surface area (Å²) in [5.41, 5.74) is 1.54. The first-order chi connectivity index (χ1) is 9.15. The molecule has 2 aromatic rings. The molecule has 2 N–H and O–H groups in total. The standard InChI is InChI=1S/C15H14ClNO2/c16-14-7-2-1-4-11(14)8-9-15(19)17-12-5-3-6-13(18)10-12/h1-7,10,18H,8-9H2,(H,17,19). The summed E-state index contributed by atoms with van der Waals surface area (Å²) in [6.07, 6.45) is 0.934. The molecule has 4 heteroatoms. The zero-order chi connectivity index (χ0) is 13.7. The van der Waals surface area contributed by atoms with E-state index < -0.39 is 0 Å². The van der Waals surface area contributed by atoms with Crippen LogP contribution in [-0.2, 0) is 11.2 Å². The summed E-state index contributed by atoms with van der Waals surface area (Å²) in [4.78, 5) is 11.8. The zero-order valence-corrected chi connectivity index (χ0v) is 11.0. The Labute approximate surface area is 116 Å². The number of hydrogen-bond donors (Lipinski definition) is 2. The van der Waals surface area contributed by atoms with E-state index in [9.17, 15) is 9.90 Å². The Balaban J connectivity index is 1.90. The van der Waals surface area contributed by atoms with Crippen molar-refractivity contribution in [1.82, 2.24) is 0 Å². The molecule has 0 aliphatic rings. The van der Waals surface area contributed by atoms with E-state index in [2.05, 4.69) is 5.32 Å². The molecule has 0 aromatic heterocycles. The minimum atomic E-state index is -0.106. The lowest BCUT2D eigenvalue weighted by Crippen LogP contribution is -2.12. The molecule has 0 saturated carbocycles. The monoisotopic (exact) mass is 275 g/mol. The largest absolute Gasteiger partial charge is 0.508 e. The van der Waals surface area contributed by atoms with Gasteiger partial charge in [-0.1, -0.05) is 35.9 Å². The number of amides is 1. The number of aromatic hydroxyl groups is 1. The number of hydrogen-bond acceptors (Lipinski definition) is 2. The molecule has 0 saturated heterocycles. The van der Waals surface area contributed by atoms with Gasteiger partial charge in [0.2, 0.25) is 5.91 Å². The normalized spacial score (nSPS) is 10.2. The highest BCUT2D eigenvalue weighted by atomic mass is 35.5. The van der Waals surface area contributed by atoms with Gasteiger partial charge in [-0.2, -0.15) is 0 Å². The maximum absolute atomic E-state index is 11.8. The minimum absolute atomic E-state index is 0.106. The van der Waals surface area contributed by atoms with Crippen molar-refractivity contribution in [2.45, 2.75) is 12.8 Å². The summed E-state index contributed by atoms with van der Waals surface area (Å²) < 4.78 is 0. The van der Waals surface area contributed by atoms with E-state index in [1.54, 1.807) is 18.2 Å². The number of aryl methyl sites for hydroxylation is 1. The SMILES string of the molecule is O=C(CCc1ccccc1Cl)Nc1cccc(O)c1. The number of halogens is 1. The molecule has 0 radical (unpaired) electrons. The van der Waals surface area contributed by atoms with E-state index >= 15 is 0 Å². The highest BCUT2D eigenvalue weighted by Crippen LogP contribution is 2.18. The Hall–Kier alpha value is -2.00. The first-order valence-corrected chi connectivity index (χ1v) is 6.35. The average Bonchev–Trinajstić information content (AvgIpc) is 2.38. The van der Waals surface area contributed by atoms with Crippen molar-refractivity contribution in [2.24, 2.45) is 0 Å². The average molecular weight is 276 g/mol. The number of benzene rings is 2. The summed E-state index contributed by atoms with van der Waals surface area (Å²) in [6, 6.07) is 13.9. The van der Waals surface area contributed by atoms with Crippen molar-refractivity contribution >= 4 is 23.2 Å². The molecule has 0 atom stereocenters. The summed E-state index contributed by atoms with van der Waals surface area (Å²) in [6.45, 7) is 0. The van der Waals surface area contributed by atoms with Gasteiger partial charge in [0.25, 0.3) is 0 Å². The predicted molar refractivity (Wildman–Crippen MR) is 76.5 cm³/mol. The fourth-order valence-corrected chi connectivity index (χ4v) is 1.99. The number of nitrogens with one attached hydrogen (secondary N) is 1. The molecule has 0 spiro atoms. The molecule has 19 heavy (non-hydrogen) atoms. The van der Waals surface area contributed by atoms with Gasteiger partial charge in [0.05, 0.1) is 0 Å². The van der Waals surface area contributed by atoms with E-state index in [1.165, 1.54) is 6.07 Å². The molecule has 98 valence electrons. The zero-order valence-electron chi connectivity index (χ0n) is 10.3. The number of carbonyl (C=O) groups excluding carboxylic acids is 1. The van der Waals surface area contributed by atoms with Crippen LogP contribution in [0.3, 0.4) is 0 Å². The quantitative estimate of drug-likeness (QED) is 0.895. The second-order valence-corrected chi connectivity index (χ2v) is 4.60. The van der Waals surface area contributed by atoms with E-state index in [0.717, 1.165) is 5.56 Å². The summed E-state index contributed by atoms with van der Waals surface area (Å²) in [5, 5.41) is 12.7. The molecule has 0 bridgehead atoms. The van der Waals surface area contributed by atoms with Crippen LogP contribution in [0, 0.1) is 0 Å². The Kier molecular flexibility index (Phi) is 4.42. The van der Waals surface area contributed by atoms with Crippen molar-refractivity contribution in [3.63, 3.8) is 0 Å². The van der Waals surface area contributed by atoms with Crippen LogP contribution in [0.2, 0.25) is 5.02 Å². The lowest BCUT2D eigenvalue weighted by atomic mass is 10.1. The summed E-state index contributed by atoms with van der Waals surface area (Å²) in [5.74, 6) is 0.0226. The van der Waals surface area contributed by atoms with Crippen LogP contribution in [0.1, 0.15) is 12.0 Å². The van der Waals surface area contributed by atoms with Gasteiger partial charge in [0.15, 0.2) is 0 Å². The third kappa shape index (κ3) is 4.00. The second-order valence-electron chi connectivity index (χ2n) is 4.19. The van der Waals surface area contributed by atoms with E-state index in [1.807, 2.05) is 24.3 Å². The van der Waals surface area contributed by atoms with Gasteiger partial charge < -0.3 is 10.4 Å². The van der Waals surface area contributed by atoms with Crippen LogP contribution in [0.25, 0.3) is 0 Å². The van der Waals surface area contributed by atoms with E-state index in [0.29, 0.717) is 23.6 Å². The fourth-order valence-electron chi connectivity index (χ4n) is 1.76. The van der Waals surface area contributed by atoms with Gasteiger partial charge in [0, 0.05) is 23.2 Å². The smallest absolute Gasteiger partial charge is 0.224 e. The molecule has 0 unspecified atom stereocenters. The minimum Gasteiger partial charge on any atom is -0.508 e. The Morgan fingerprint density at radius 1 is 1.16 bits per heavy atom. The van der Waals surface area contributed by atoms with Crippen molar-refractivity contribution in [3.05, 3.63) is 59.1 Å². The maximum atomic E-state index is 11.8. The molecule has 1 amide bonds. The summed E-state index contributed by atoms with van der Waals surface area (Å²) >= 11 is 6.02. The number of phenols is 1. The molecular formula is C15H14ClNO2. The predicted octanol–water partition coefficient (Wildman–Crippen LogP) is 3.62. The van der Waals surface area contributed by atoms with Crippen LogP contribution in [0.5, 0.6) is 5.75 Å². The van der Waals surface area contributed by atoms with Gasteiger partial charge in [-0.05, 0) is 30.2 Å². The van der Waals surface area contributed by atoms with Crippen molar-refractivity contribution < 1.29 is 9.90 Å². The molecule has 2 rings (SSSR count). The second kappa shape index (κ2) is 6.25. The summed E-state index contributed by atoms with van der Waals surface area (Å²) in [7, 11) is 0. The van der Waals surface area contributed by atoms with Crippen molar-refractivity contribution in [1.29, 1.82) is 0 Å². The van der Waals surface area contributed by atoms with Gasteiger partial charge in [-0.3, -0.25) is 4.79 Å². The van der Waals surface area contributed by atoms with Gasteiger partial charge in [-0.15, -0.1) is 0 Å².